The van der Waals surface area contributed by atoms with E-state index in [4.69, 9.17) is 28.6 Å². The molecule has 4 nitrogen and oxygen atoms in total. The van der Waals surface area contributed by atoms with Gasteiger partial charge in [-0.25, -0.2) is 4.79 Å². The second kappa shape index (κ2) is 8.13. The molecular formula is C18H19ClN2O2S. The van der Waals surface area contributed by atoms with Crippen molar-refractivity contribution in [2.75, 3.05) is 12.4 Å². The van der Waals surface area contributed by atoms with Crippen LogP contribution in [0.3, 0.4) is 0 Å². The predicted molar refractivity (Wildman–Crippen MR) is 102 cm³/mol. The number of esters is 1. The maximum atomic E-state index is 11.6. The summed E-state index contributed by atoms with van der Waals surface area (Å²) in [5, 5.41) is 7.14. The van der Waals surface area contributed by atoms with E-state index in [-0.39, 0.29) is 6.04 Å². The molecule has 2 N–H and O–H groups in total. The number of thiocarbonyl (C=S) groups is 1. The SMILES string of the molecule is COC(=O)c1ccc(Cl)c(NC(=S)NC(C)c2ccccc2C)c1. The quantitative estimate of drug-likeness (QED) is 0.620. The van der Waals surface area contributed by atoms with Gasteiger partial charge in [-0.2, -0.15) is 0 Å². The molecule has 126 valence electrons. The Labute approximate surface area is 152 Å². The Kier molecular flexibility index (Phi) is 6.17. The molecule has 1 unspecified atom stereocenters. The third kappa shape index (κ3) is 4.46. The van der Waals surface area contributed by atoms with Crippen molar-refractivity contribution in [2.45, 2.75) is 19.9 Å². The highest BCUT2D eigenvalue weighted by Crippen LogP contribution is 2.24. The van der Waals surface area contributed by atoms with Crippen LogP contribution in [0, 0.1) is 6.92 Å². The lowest BCUT2D eigenvalue weighted by Gasteiger charge is -2.19. The average molecular weight is 363 g/mol. The summed E-state index contributed by atoms with van der Waals surface area (Å²) >= 11 is 11.5. The fourth-order valence-corrected chi connectivity index (χ4v) is 2.82. The number of methoxy groups -OCH3 is 1. The number of nitrogens with one attached hydrogen (secondary N) is 2. The van der Waals surface area contributed by atoms with Crippen LogP contribution in [0.25, 0.3) is 0 Å². The first kappa shape index (κ1) is 18.2. The molecule has 2 rings (SSSR count). The second-order valence-corrected chi connectivity index (χ2v) is 6.18. The number of halogens is 1. The van der Waals surface area contributed by atoms with Gasteiger partial charge in [-0.1, -0.05) is 35.9 Å². The third-order valence-corrected chi connectivity index (χ3v) is 4.19. The normalized spacial score (nSPS) is 11.5. The van der Waals surface area contributed by atoms with Crippen LogP contribution < -0.4 is 10.6 Å². The number of aryl methyl sites for hydroxylation is 1. The maximum Gasteiger partial charge on any atom is 0.337 e. The second-order valence-electron chi connectivity index (χ2n) is 5.36. The molecule has 0 aliphatic rings. The zero-order valence-electron chi connectivity index (χ0n) is 13.7. The molecule has 0 spiro atoms. The van der Waals surface area contributed by atoms with Crippen LogP contribution in [0.1, 0.15) is 34.5 Å². The van der Waals surface area contributed by atoms with Crippen molar-refractivity contribution >= 4 is 40.6 Å². The van der Waals surface area contributed by atoms with Crippen molar-refractivity contribution in [2.24, 2.45) is 0 Å². The molecule has 0 aliphatic heterocycles. The highest BCUT2D eigenvalue weighted by atomic mass is 35.5. The number of hydrogen-bond acceptors (Lipinski definition) is 3. The van der Waals surface area contributed by atoms with Gasteiger partial charge in [-0.3, -0.25) is 0 Å². The van der Waals surface area contributed by atoms with Gasteiger partial charge in [0, 0.05) is 0 Å². The lowest BCUT2D eigenvalue weighted by Crippen LogP contribution is -2.31. The molecule has 0 aliphatic carbocycles. The number of rotatable bonds is 4. The summed E-state index contributed by atoms with van der Waals surface area (Å²) in [5.41, 5.74) is 3.30. The molecule has 0 fully saturated rings. The highest BCUT2D eigenvalue weighted by Gasteiger charge is 2.12. The number of hydrogen-bond donors (Lipinski definition) is 2. The van der Waals surface area contributed by atoms with E-state index in [1.165, 1.54) is 12.7 Å². The molecule has 24 heavy (non-hydrogen) atoms. The van der Waals surface area contributed by atoms with E-state index in [1.807, 2.05) is 19.1 Å². The predicted octanol–water partition coefficient (Wildman–Crippen LogP) is 4.48. The Morgan fingerprint density at radius 2 is 1.96 bits per heavy atom. The molecular weight excluding hydrogens is 344 g/mol. The molecule has 2 aromatic rings. The van der Waals surface area contributed by atoms with Gasteiger partial charge in [-0.15, -0.1) is 0 Å². The van der Waals surface area contributed by atoms with Crippen LogP contribution in [-0.4, -0.2) is 18.2 Å². The summed E-state index contributed by atoms with van der Waals surface area (Å²) in [5.74, 6) is -0.429. The molecule has 0 amide bonds. The van der Waals surface area contributed by atoms with Crippen LogP contribution in [0.4, 0.5) is 5.69 Å². The molecule has 0 bridgehead atoms. The fraction of sp³-hybridized carbons (Fsp3) is 0.222. The fourth-order valence-electron chi connectivity index (χ4n) is 2.37. The molecule has 2 aromatic carbocycles. The Balaban J connectivity index is 2.10. The van der Waals surface area contributed by atoms with Gasteiger partial charge < -0.3 is 15.4 Å². The van der Waals surface area contributed by atoms with E-state index in [9.17, 15) is 4.79 Å². The first-order valence-electron chi connectivity index (χ1n) is 7.43. The molecule has 6 heteroatoms. The maximum absolute atomic E-state index is 11.6. The van der Waals surface area contributed by atoms with Gasteiger partial charge in [0.25, 0.3) is 0 Å². The first-order chi connectivity index (χ1) is 11.4. The standard InChI is InChI=1S/C18H19ClN2O2S/c1-11-6-4-5-7-14(11)12(2)20-18(24)21-16-10-13(17(22)23-3)8-9-15(16)19/h4-10,12H,1-3H3,(H2,20,21,24). The van der Waals surface area contributed by atoms with Crippen molar-refractivity contribution in [1.82, 2.24) is 5.32 Å². The number of carbonyl (C=O) groups excluding carboxylic acids is 1. The summed E-state index contributed by atoms with van der Waals surface area (Å²) in [6.45, 7) is 4.09. The lowest BCUT2D eigenvalue weighted by molar-refractivity contribution is 0.0601. The summed E-state index contributed by atoms with van der Waals surface area (Å²) < 4.78 is 4.71. The van der Waals surface area contributed by atoms with Gasteiger partial charge >= 0.3 is 5.97 Å². The summed E-state index contributed by atoms with van der Waals surface area (Å²) in [6, 6.07) is 13.0. The minimum atomic E-state index is -0.429. The Hall–Kier alpha value is -2.11. The monoisotopic (exact) mass is 362 g/mol. The van der Waals surface area contributed by atoms with Crippen molar-refractivity contribution in [3.05, 3.63) is 64.2 Å². The van der Waals surface area contributed by atoms with Crippen LogP contribution >= 0.6 is 23.8 Å². The van der Waals surface area contributed by atoms with Gasteiger partial charge in [0.1, 0.15) is 0 Å². The van der Waals surface area contributed by atoms with E-state index in [2.05, 4.69) is 29.7 Å². The summed E-state index contributed by atoms with van der Waals surface area (Å²) in [4.78, 5) is 11.6. The number of carbonyl (C=O) groups is 1. The van der Waals surface area contributed by atoms with Gasteiger partial charge in [0.2, 0.25) is 0 Å². The lowest BCUT2D eigenvalue weighted by atomic mass is 10.0. The van der Waals surface area contributed by atoms with E-state index in [0.717, 1.165) is 5.56 Å². The highest BCUT2D eigenvalue weighted by molar-refractivity contribution is 7.80. The van der Waals surface area contributed by atoms with Gasteiger partial charge in [0.05, 0.1) is 29.4 Å². The third-order valence-electron chi connectivity index (χ3n) is 3.64. The van der Waals surface area contributed by atoms with Crippen LogP contribution in [-0.2, 0) is 4.74 Å². The van der Waals surface area contributed by atoms with E-state index >= 15 is 0 Å². The van der Waals surface area contributed by atoms with Crippen LogP contribution in [0.15, 0.2) is 42.5 Å². The molecule has 0 heterocycles. The Morgan fingerprint density at radius 1 is 1.25 bits per heavy atom. The van der Waals surface area contributed by atoms with Crippen LogP contribution in [0.2, 0.25) is 5.02 Å². The zero-order valence-corrected chi connectivity index (χ0v) is 15.3. The largest absolute Gasteiger partial charge is 0.465 e. The van der Waals surface area contributed by atoms with Crippen molar-refractivity contribution in [3.63, 3.8) is 0 Å². The minimum Gasteiger partial charge on any atom is -0.465 e. The zero-order chi connectivity index (χ0) is 17.7. The van der Waals surface area contributed by atoms with E-state index < -0.39 is 5.97 Å². The van der Waals surface area contributed by atoms with Crippen LogP contribution in [0.5, 0.6) is 0 Å². The smallest absolute Gasteiger partial charge is 0.337 e. The Bertz CT molecular complexity index is 764. The summed E-state index contributed by atoms with van der Waals surface area (Å²) in [7, 11) is 1.33. The first-order valence-corrected chi connectivity index (χ1v) is 8.22. The van der Waals surface area contributed by atoms with Crippen molar-refractivity contribution in [3.8, 4) is 0 Å². The molecule has 0 saturated carbocycles. The molecule has 0 radical (unpaired) electrons. The molecule has 0 aromatic heterocycles. The number of ether oxygens (including phenoxy) is 1. The van der Waals surface area contributed by atoms with E-state index in [0.29, 0.717) is 21.4 Å². The summed E-state index contributed by atoms with van der Waals surface area (Å²) in [6.07, 6.45) is 0. The molecule has 1 atom stereocenters. The van der Waals surface area contributed by atoms with E-state index in [1.54, 1.807) is 18.2 Å². The Morgan fingerprint density at radius 3 is 2.62 bits per heavy atom. The average Bonchev–Trinajstić information content (AvgIpc) is 2.56. The minimum absolute atomic E-state index is 0.0359. The van der Waals surface area contributed by atoms with Gasteiger partial charge in [-0.05, 0) is 55.4 Å². The number of benzene rings is 2. The molecule has 0 saturated heterocycles. The topological polar surface area (TPSA) is 50.4 Å². The van der Waals surface area contributed by atoms with Gasteiger partial charge in [0.15, 0.2) is 5.11 Å². The van der Waals surface area contributed by atoms with Crippen molar-refractivity contribution < 1.29 is 9.53 Å². The number of anilines is 1. The van der Waals surface area contributed by atoms with Crippen molar-refractivity contribution in [1.29, 1.82) is 0 Å².